The molecule has 0 amide bonds. The number of sulfonamides is 1. The molecule has 8 heteroatoms. The summed E-state index contributed by atoms with van der Waals surface area (Å²) in [5.74, 6) is -0.981. The molecule has 0 aliphatic carbocycles. The fourth-order valence-electron chi connectivity index (χ4n) is 1.86. The fraction of sp³-hybridized carbons (Fsp3) is 0.538. The molecule has 0 aromatic heterocycles. The zero-order valence-corrected chi connectivity index (χ0v) is 13.8. The van der Waals surface area contributed by atoms with Crippen LogP contribution in [-0.2, 0) is 14.8 Å². The average Bonchev–Trinajstić information content (AvgIpc) is 2.42. The Bertz CT molecular complexity index is 595. The van der Waals surface area contributed by atoms with Crippen LogP contribution in [0.2, 0.25) is 5.02 Å². The Morgan fingerprint density at radius 1 is 1.48 bits per heavy atom. The topological polar surface area (TPSA) is 72.6 Å². The van der Waals surface area contributed by atoms with Gasteiger partial charge in [-0.15, -0.1) is 0 Å². The molecule has 1 aromatic rings. The van der Waals surface area contributed by atoms with Gasteiger partial charge in [-0.3, -0.25) is 0 Å². The van der Waals surface area contributed by atoms with Gasteiger partial charge in [0.2, 0.25) is 10.0 Å². The van der Waals surface area contributed by atoms with Crippen LogP contribution < -0.4 is 5.73 Å². The maximum atomic E-state index is 14.1. The van der Waals surface area contributed by atoms with Crippen LogP contribution in [0.3, 0.4) is 0 Å². The lowest BCUT2D eigenvalue weighted by molar-refractivity contribution is 0.167. The molecule has 0 fully saturated rings. The van der Waals surface area contributed by atoms with Gasteiger partial charge in [0.05, 0.1) is 12.3 Å². The molecular weight excluding hydrogens is 319 g/mol. The lowest BCUT2D eigenvalue weighted by atomic mass is 10.3. The van der Waals surface area contributed by atoms with Crippen LogP contribution in [0.25, 0.3) is 0 Å². The van der Waals surface area contributed by atoms with Crippen LogP contribution in [0.1, 0.15) is 20.3 Å². The molecule has 2 N–H and O–H groups in total. The van der Waals surface area contributed by atoms with Crippen LogP contribution in [0.4, 0.5) is 10.1 Å². The molecule has 1 aromatic carbocycles. The van der Waals surface area contributed by atoms with Gasteiger partial charge in [-0.25, -0.2) is 12.8 Å². The van der Waals surface area contributed by atoms with Crippen LogP contribution >= 0.6 is 11.6 Å². The quantitative estimate of drug-likeness (QED) is 0.775. The van der Waals surface area contributed by atoms with Crippen molar-refractivity contribution in [1.29, 1.82) is 0 Å². The van der Waals surface area contributed by atoms with Gasteiger partial charge in [0.1, 0.15) is 4.90 Å². The lowest BCUT2D eigenvalue weighted by Crippen LogP contribution is -2.40. The van der Waals surface area contributed by atoms with Gasteiger partial charge >= 0.3 is 0 Å². The van der Waals surface area contributed by atoms with Crippen molar-refractivity contribution in [3.8, 4) is 0 Å². The molecule has 21 heavy (non-hydrogen) atoms. The molecule has 5 nitrogen and oxygen atoms in total. The van der Waals surface area contributed by atoms with Gasteiger partial charge in [-0.1, -0.05) is 18.5 Å². The first-order valence-corrected chi connectivity index (χ1v) is 8.32. The molecule has 0 aliphatic rings. The van der Waals surface area contributed by atoms with E-state index in [4.69, 9.17) is 22.1 Å². The van der Waals surface area contributed by atoms with Crippen molar-refractivity contribution in [2.45, 2.75) is 31.2 Å². The molecule has 120 valence electrons. The molecule has 0 radical (unpaired) electrons. The highest BCUT2D eigenvalue weighted by atomic mass is 35.5. The van der Waals surface area contributed by atoms with Gasteiger partial charge in [0, 0.05) is 24.7 Å². The zero-order chi connectivity index (χ0) is 16.2. The summed E-state index contributed by atoms with van der Waals surface area (Å²) in [6.45, 7) is 3.93. The Kier molecular flexibility index (Phi) is 6.40. The highest BCUT2D eigenvalue weighted by Crippen LogP contribution is 2.28. The molecule has 1 unspecified atom stereocenters. The van der Waals surface area contributed by atoms with Crippen LogP contribution in [0.5, 0.6) is 0 Å². The lowest BCUT2D eigenvalue weighted by Gasteiger charge is -2.27. The second-order valence-corrected chi connectivity index (χ2v) is 6.97. The third-order valence-electron chi connectivity index (χ3n) is 3.22. The number of benzene rings is 1. The SMILES string of the molecule is CCC(C)N(CCOC)S(=O)(=O)c1cc(Cl)cc(N)c1F. The van der Waals surface area contributed by atoms with Crippen molar-refractivity contribution < 1.29 is 17.5 Å². The Hall–Kier alpha value is -0.890. The number of nitrogen functional groups attached to an aromatic ring is 1. The molecule has 0 spiro atoms. The molecule has 1 atom stereocenters. The second kappa shape index (κ2) is 7.40. The number of hydrogen-bond donors (Lipinski definition) is 1. The first kappa shape index (κ1) is 18.2. The van der Waals surface area contributed by atoms with Gasteiger partial charge in [0.25, 0.3) is 0 Å². The molecule has 1 rings (SSSR count). The Balaban J connectivity index is 3.35. The van der Waals surface area contributed by atoms with Gasteiger partial charge in [0.15, 0.2) is 5.82 Å². The first-order chi connectivity index (χ1) is 9.75. The predicted octanol–water partition coefficient (Wildman–Crippen LogP) is 2.50. The van der Waals surface area contributed by atoms with Crippen LogP contribution in [0.15, 0.2) is 17.0 Å². The number of methoxy groups -OCH3 is 1. The Morgan fingerprint density at radius 2 is 2.10 bits per heavy atom. The minimum absolute atomic E-state index is 0.0725. The van der Waals surface area contributed by atoms with E-state index >= 15 is 0 Å². The third-order valence-corrected chi connectivity index (χ3v) is 5.45. The molecule has 0 heterocycles. The largest absolute Gasteiger partial charge is 0.396 e. The molecule has 0 saturated carbocycles. The number of hydrogen-bond acceptors (Lipinski definition) is 4. The summed E-state index contributed by atoms with van der Waals surface area (Å²) in [6, 6.07) is 1.95. The highest BCUT2D eigenvalue weighted by Gasteiger charge is 2.31. The molecule has 0 aliphatic heterocycles. The highest BCUT2D eigenvalue weighted by molar-refractivity contribution is 7.89. The predicted molar refractivity (Wildman–Crippen MR) is 81.3 cm³/mol. The second-order valence-electron chi connectivity index (χ2n) is 4.67. The van der Waals surface area contributed by atoms with Gasteiger partial charge in [-0.05, 0) is 25.5 Å². The Labute approximate surface area is 129 Å². The summed E-state index contributed by atoms with van der Waals surface area (Å²) in [6.07, 6.45) is 0.584. The van der Waals surface area contributed by atoms with E-state index in [0.717, 1.165) is 6.07 Å². The van der Waals surface area contributed by atoms with E-state index in [1.54, 1.807) is 6.92 Å². The van der Waals surface area contributed by atoms with Gasteiger partial charge < -0.3 is 10.5 Å². The van der Waals surface area contributed by atoms with Crippen LogP contribution in [-0.4, -0.2) is 39.0 Å². The van der Waals surface area contributed by atoms with E-state index in [1.165, 1.54) is 17.5 Å². The number of anilines is 1. The number of rotatable bonds is 7. The van der Waals surface area contributed by atoms with E-state index in [-0.39, 0.29) is 29.9 Å². The number of ether oxygens (including phenoxy) is 1. The Morgan fingerprint density at radius 3 is 2.62 bits per heavy atom. The summed E-state index contributed by atoms with van der Waals surface area (Å²) < 4.78 is 45.6. The number of halogens is 2. The summed E-state index contributed by atoms with van der Waals surface area (Å²) in [4.78, 5) is -0.510. The van der Waals surface area contributed by atoms with E-state index in [0.29, 0.717) is 6.42 Å². The number of nitrogens with two attached hydrogens (primary N) is 1. The minimum atomic E-state index is -4.05. The van der Waals surface area contributed by atoms with E-state index < -0.39 is 20.7 Å². The summed E-state index contributed by atoms with van der Waals surface area (Å²) in [5, 5.41) is 0.0725. The van der Waals surface area contributed by atoms with Crippen molar-refractivity contribution in [2.24, 2.45) is 0 Å². The number of nitrogens with zero attached hydrogens (tertiary/aromatic N) is 1. The summed E-state index contributed by atoms with van der Waals surface area (Å²) >= 11 is 5.80. The molecular formula is C13H20ClFN2O3S. The minimum Gasteiger partial charge on any atom is -0.396 e. The maximum Gasteiger partial charge on any atom is 0.246 e. The van der Waals surface area contributed by atoms with Crippen molar-refractivity contribution in [2.75, 3.05) is 26.0 Å². The standard InChI is InChI=1S/C13H20ClFN2O3S/c1-4-9(2)17(5-6-20-3)21(18,19)12-8-10(14)7-11(16)13(12)15/h7-9H,4-6,16H2,1-3H3. The van der Waals surface area contributed by atoms with Gasteiger partial charge in [-0.2, -0.15) is 4.31 Å². The van der Waals surface area contributed by atoms with Crippen molar-refractivity contribution in [3.63, 3.8) is 0 Å². The smallest absolute Gasteiger partial charge is 0.246 e. The molecule has 0 bridgehead atoms. The van der Waals surface area contributed by atoms with Crippen molar-refractivity contribution >= 4 is 27.3 Å². The third kappa shape index (κ3) is 4.06. The normalized spacial score (nSPS) is 13.6. The zero-order valence-electron chi connectivity index (χ0n) is 12.3. The van der Waals surface area contributed by atoms with Crippen LogP contribution in [0, 0.1) is 5.82 Å². The van der Waals surface area contributed by atoms with E-state index in [1.807, 2.05) is 6.92 Å². The summed E-state index contributed by atoms with van der Waals surface area (Å²) in [5.41, 5.74) is 5.17. The van der Waals surface area contributed by atoms with E-state index in [9.17, 15) is 12.8 Å². The van der Waals surface area contributed by atoms with E-state index in [2.05, 4.69) is 0 Å². The molecule has 0 saturated heterocycles. The van der Waals surface area contributed by atoms with Crippen molar-refractivity contribution in [1.82, 2.24) is 4.31 Å². The fourth-order valence-corrected chi connectivity index (χ4v) is 3.96. The average molecular weight is 339 g/mol. The van der Waals surface area contributed by atoms with Crippen molar-refractivity contribution in [3.05, 3.63) is 23.0 Å². The summed E-state index contributed by atoms with van der Waals surface area (Å²) in [7, 11) is -2.57. The maximum absolute atomic E-state index is 14.1. The monoisotopic (exact) mass is 338 g/mol. The first-order valence-electron chi connectivity index (χ1n) is 6.51.